The lowest BCUT2D eigenvalue weighted by molar-refractivity contribution is -0.120. The van der Waals surface area contributed by atoms with E-state index in [1.807, 2.05) is 0 Å². The average Bonchev–Trinajstić information content (AvgIpc) is 2.57. The number of terminal acetylenes is 1. The molecule has 0 amide bonds. The molecule has 0 heterocycles. The number of rotatable bonds is 7. The Morgan fingerprint density at radius 2 is 2.21 bits per heavy atom. The molecule has 128 valence electrons. The largest absolute Gasteiger partial charge is 0.497 e. The Morgan fingerprint density at radius 3 is 2.83 bits per heavy atom. The van der Waals surface area contributed by atoms with E-state index in [9.17, 15) is 9.18 Å². The van der Waals surface area contributed by atoms with Gasteiger partial charge in [-0.05, 0) is 30.9 Å². The van der Waals surface area contributed by atoms with Crippen molar-refractivity contribution in [1.82, 2.24) is 0 Å². The number of allylic oxidation sites excluding steroid dienone is 2. The van der Waals surface area contributed by atoms with Crippen LogP contribution in [0.15, 0.2) is 30.0 Å². The molecule has 2 rings (SSSR count). The summed E-state index contributed by atoms with van der Waals surface area (Å²) in [5.41, 5.74) is 0.574. The van der Waals surface area contributed by atoms with E-state index in [0.717, 1.165) is 0 Å². The van der Waals surface area contributed by atoms with E-state index in [2.05, 4.69) is 5.92 Å². The number of aliphatic hydroxyl groups excluding tert-OH is 1. The van der Waals surface area contributed by atoms with Gasteiger partial charge in [0.1, 0.15) is 17.3 Å². The zero-order chi connectivity index (χ0) is 17.5. The Labute approximate surface area is 141 Å². The van der Waals surface area contributed by atoms with Gasteiger partial charge in [0.05, 0.1) is 7.11 Å². The van der Waals surface area contributed by atoms with Crippen LogP contribution in [0.5, 0.6) is 5.75 Å². The predicted octanol–water partition coefficient (Wildman–Crippen LogP) is 2.85. The first-order valence-corrected chi connectivity index (χ1v) is 7.84. The number of carbonyl (C=O) groups excluding carboxylic acids is 1. The Morgan fingerprint density at radius 1 is 1.42 bits per heavy atom. The maximum Gasteiger partial charge on any atom is 0.185 e. The molecule has 0 aliphatic heterocycles. The quantitative estimate of drug-likeness (QED) is 0.616. The minimum atomic E-state index is -0.494. The minimum absolute atomic E-state index is 0.0744. The fourth-order valence-electron chi connectivity index (χ4n) is 2.96. The summed E-state index contributed by atoms with van der Waals surface area (Å²) in [6, 6.07) is 4.75. The van der Waals surface area contributed by atoms with Crippen LogP contribution in [-0.4, -0.2) is 24.8 Å². The highest BCUT2D eigenvalue weighted by Gasteiger charge is 2.30. The SMILES string of the molecule is C#CCC1CC(CCc2ccc(OC)cc2F)C(OCO)=CC1=O. The molecule has 0 spiro atoms. The number of ketones is 1. The lowest BCUT2D eigenvalue weighted by atomic mass is 9.80. The Bertz CT molecular complexity index is 660. The van der Waals surface area contributed by atoms with Crippen LogP contribution in [0.3, 0.4) is 0 Å². The van der Waals surface area contributed by atoms with Crippen molar-refractivity contribution in [3.8, 4) is 18.1 Å². The van der Waals surface area contributed by atoms with Crippen LogP contribution in [0, 0.1) is 30.0 Å². The summed E-state index contributed by atoms with van der Waals surface area (Å²) in [6.45, 7) is -0.494. The standard InChI is InChI=1S/C19H21FO4/c1-3-4-14-9-15(19(24-12-21)11-18(14)22)6-5-13-7-8-16(23-2)10-17(13)20/h1,7-8,10-11,14-15,21H,4-6,9,12H2,2H3. The fourth-order valence-corrected chi connectivity index (χ4v) is 2.96. The zero-order valence-electron chi connectivity index (χ0n) is 13.6. The zero-order valence-corrected chi connectivity index (χ0v) is 13.6. The lowest BCUT2D eigenvalue weighted by Crippen LogP contribution is -2.25. The third kappa shape index (κ3) is 4.36. The van der Waals surface area contributed by atoms with Crippen LogP contribution < -0.4 is 4.74 Å². The van der Waals surface area contributed by atoms with Crippen molar-refractivity contribution >= 4 is 5.78 Å². The molecule has 0 fully saturated rings. The molecule has 24 heavy (non-hydrogen) atoms. The molecule has 1 aromatic rings. The van der Waals surface area contributed by atoms with Crippen molar-refractivity contribution in [2.45, 2.75) is 25.7 Å². The van der Waals surface area contributed by atoms with Crippen LogP contribution >= 0.6 is 0 Å². The van der Waals surface area contributed by atoms with E-state index >= 15 is 0 Å². The second kappa shape index (κ2) is 8.51. The number of hydrogen-bond donors (Lipinski definition) is 1. The fraction of sp³-hybridized carbons (Fsp3) is 0.421. The van der Waals surface area contributed by atoms with Gasteiger partial charge in [0.2, 0.25) is 0 Å². The van der Waals surface area contributed by atoms with Gasteiger partial charge in [0.15, 0.2) is 12.6 Å². The summed E-state index contributed by atoms with van der Waals surface area (Å²) in [4.78, 5) is 12.0. The van der Waals surface area contributed by atoms with Crippen molar-refractivity contribution in [2.75, 3.05) is 13.9 Å². The Balaban J connectivity index is 2.09. The van der Waals surface area contributed by atoms with E-state index in [4.69, 9.17) is 21.0 Å². The van der Waals surface area contributed by atoms with Gasteiger partial charge in [-0.15, -0.1) is 12.3 Å². The molecule has 5 heteroatoms. The molecular weight excluding hydrogens is 311 g/mol. The van der Waals surface area contributed by atoms with Crippen molar-refractivity contribution in [1.29, 1.82) is 0 Å². The summed E-state index contributed by atoms with van der Waals surface area (Å²) in [6.07, 6.45) is 8.74. The van der Waals surface area contributed by atoms with Crippen LogP contribution in [0.1, 0.15) is 24.8 Å². The summed E-state index contributed by atoms with van der Waals surface area (Å²) in [5, 5.41) is 9.00. The minimum Gasteiger partial charge on any atom is -0.497 e. The normalized spacial score (nSPS) is 20.2. The van der Waals surface area contributed by atoms with E-state index in [1.165, 1.54) is 19.3 Å². The van der Waals surface area contributed by atoms with E-state index in [1.54, 1.807) is 12.1 Å². The van der Waals surface area contributed by atoms with E-state index < -0.39 is 6.79 Å². The van der Waals surface area contributed by atoms with E-state index in [-0.39, 0.29) is 23.4 Å². The Hall–Kier alpha value is -2.32. The van der Waals surface area contributed by atoms with Gasteiger partial charge in [-0.3, -0.25) is 4.79 Å². The van der Waals surface area contributed by atoms with E-state index in [0.29, 0.717) is 42.8 Å². The van der Waals surface area contributed by atoms with Gasteiger partial charge >= 0.3 is 0 Å². The van der Waals surface area contributed by atoms with Gasteiger partial charge in [-0.25, -0.2) is 4.39 Å². The molecule has 1 N–H and O–H groups in total. The Kier molecular flexibility index (Phi) is 6.39. The molecule has 0 bridgehead atoms. The molecule has 4 nitrogen and oxygen atoms in total. The van der Waals surface area contributed by atoms with Crippen LogP contribution in [0.4, 0.5) is 4.39 Å². The van der Waals surface area contributed by atoms with Crippen LogP contribution in [0.25, 0.3) is 0 Å². The first-order valence-electron chi connectivity index (χ1n) is 7.84. The molecule has 1 aliphatic carbocycles. The summed E-state index contributed by atoms with van der Waals surface area (Å²) >= 11 is 0. The molecule has 0 saturated heterocycles. The molecule has 1 aliphatic rings. The first kappa shape index (κ1) is 18.0. The highest BCUT2D eigenvalue weighted by Crippen LogP contribution is 2.33. The summed E-state index contributed by atoms with van der Waals surface area (Å²) < 4.78 is 24.2. The maximum absolute atomic E-state index is 14.0. The molecule has 0 aromatic heterocycles. The lowest BCUT2D eigenvalue weighted by Gasteiger charge is -2.27. The smallest absolute Gasteiger partial charge is 0.185 e. The first-order chi connectivity index (χ1) is 11.6. The van der Waals surface area contributed by atoms with Gasteiger partial charge in [-0.2, -0.15) is 0 Å². The van der Waals surface area contributed by atoms with Gasteiger partial charge in [0.25, 0.3) is 0 Å². The molecule has 1 aromatic carbocycles. The topological polar surface area (TPSA) is 55.8 Å². The van der Waals surface area contributed by atoms with Crippen molar-refractivity contribution in [3.05, 3.63) is 41.4 Å². The highest BCUT2D eigenvalue weighted by atomic mass is 19.1. The summed E-state index contributed by atoms with van der Waals surface area (Å²) in [5.74, 6) is 2.71. The van der Waals surface area contributed by atoms with Gasteiger partial charge in [-0.1, -0.05) is 6.07 Å². The monoisotopic (exact) mass is 332 g/mol. The third-order valence-corrected chi connectivity index (χ3v) is 4.28. The molecule has 2 unspecified atom stereocenters. The number of hydrogen-bond acceptors (Lipinski definition) is 4. The second-order valence-corrected chi connectivity index (χ2v) is 5.76. The average molecular weight is 332 g/mol. The summed E-state index contributed by atoms with van der Waals surface area (Å²) in [7, 11) is 1.49. The number of benzene rings is 1. The molecular formula is C19H21FO4. The van der Waals surface area contributed by atoms with Crippen LogP contribution in [0.2, 0.25) is 0 Å². The van der Waals surface area contributed by atoms with Crippen molar-refractivity contribution in [3.63, 3.8) is 0 Å². The predicted molar refractivity (Wildman–Crippen MR) is 87.6 cm³/mol. The van der Waals surface area contributed by atoms with Gasteiger partial charge in [0, 0.05) is 30.4 Å². The molecule has 0 saturated carbocycles. The number of carbonyl (C=O) groups is 1. The second-order valence-electron chi connectivity index (χ2n) is 5.76. The van der Waals surface area contributed by atoms with Crippen molar-refractivity contribution < 1.29 is 23.8 Å². The molecule has 0 radical (unpaired) electrons. The third-order valence-electron chi connectivity index (χ3n) is 4.28. The highest BCUT2D eigenvalue weighted by molar-refractivity contribution is 5.93. The van der Waals surface area contributed by atoms with Crippen LogP contribution in [-0.2, 0) is 16.0 Å². The number of ether oxygens (including phenoxy) is 2. The molecule has 2 atom stereocenters. The number of methoxy groups -OCH3 is 1. The number of aryl methyl sites for hydroxylation is 1. The van der Waals surface area contributed by atoms with Crippen molar-refractivity contribution in [2.24, 2.45) is 11.8 Å². The number of halogens is 1. The number of aliphatic hydroxyl groups is 1. The maximum atomic E-state index is 14.0. The van der Waals surface area contributed by atoms with Gasteiger partial charge < -0.3 is 14.6 Å².